The van der Waals surface area contributed by atoms with Crippen molar-refractivity contribution >= 4 is 33.3 Å². The second-order valence-electron chi connectivity index (χ2n) is 7.79. The van der Waals surface area contributed by atoms with E-state index in [1.807, 2.05) is 5.38 Å². The Morgan fingerprint density at radius 1 is 1.29 bits per heavy atom. The van der Waals surface area contributed by atoms with Crippen molar-refractivity contribution in [3.8, 4) is 0 Å². The summed E-state index contributed by atoms with van der Waals surface area (Å²) in [5, 5.41) is 5.60. The molecule has 1 amide bonds. The molecule has 0 radical (unpaired) electrons. The van der Waals surface area contributed by atoms with Gasteiger partial charge in [-0.1, -0.05) is 0 Å². The van der Waals surface area contributed by atoms with Gasteiger partial charge in [-0.15, -0.1) is 11.3 Å². The van der Waals surface area contributed by atoms with E-state index in [1.54, 1.807) is 19.1 Å². The van der Waals surface area contributed by atoms with E-state index in [2.05, 4.69) is 34.0 Å². The van der Waals surface area contributed by atoms with Crippen molar-refractivity contribution < 1.29 is 9.53 Å². The second kappa shape index (κ2) is 8.74. The summed E-state index contributed by atoms with van der Waals surface area (Å²) in [6.45, 7) is 8.52. The van der Waals surface area contributed by atoms with Gasteiger partial charge in [0, 0.05) is 37.1 Å². The van der Waals surface area contributed by atoms with Crippen molar-refractivity contribution in [2.75, 3.05) is 18.4 Å². The number of thiazole rings is 1. The summed E-state index contributed by atoms with van der Waals surface area (Å²) >= 11 is 1.36. The minimum atomic E-state index is -0.492. The van der Waals surface area contributed by atoms with Gasteiger partial charge in [-0.2, -0.15) is 0 Å². The Kier molecular flexibility index (Phi) is 6.03. The summed E-state index contributed by atoms with van der Waals surface area (Å²) in [6, 6.07) is 4.64. The summed E-state index contributed by atoms with van der Waals surface area (Å²) < 4.78 is 6.88. The van der Waals surface area contributed by atoms with Crippen LogP contribution in [0.4, 0.5) is 5.13 Å². The number of aromatic nitrogens is 3. The Hall–Kier alpha value is -2.82. The molecule has 1 aliphatic heterocycles. The lowest BCUT2D eigenvalue weighted by atomic mass is 10.1. The molecule has 3 aromatic rings. The molecular weight excluding hydrogens is 418 g/mol. The number of nitrogens with one attached hydrogen (secondary N) is 2. The van der Waals surface area contributed by atoms with Crippen LogP contribution in [-0.2, 0) is 17.8 Å². The first-order valence-electron chi connectivity index (χ1n) is 10.2. The largest absolute Gasteiger partial charge is 0.373 e. The number of ether oxygens (including phenoxy) is 1. The average Bonchev–Trinajstić information content (AvgIpc) is 3.13. The molecule has 3 heterocycles. The number of amides is 1. The number of nitrogens with zero attached hydrogens (tertiary/aromatic N) is 3. The fourth-order valence-corrected chi connectivity index (χ4v) is 4.63. The Bertz CT molecular complexity index is 1220. The number of benzene rings is 1. The van der Waals surface area contributed by atoms with Gasteiger partial charge in [-0.25, -0.2) is 9.78 Å². The van der Waals surface area contributed by atoms with Crippen LogP contribution < -0.4 is 16.6 Å². The van der Waals surface area contributed by atoms with Crippen LogP contribution in [0.15, 0.2) is 33.2 Å². The standard InChI is InChI=1S/C21H25N5O4S/c1-4-26-19(28)16-6-5-14(7-17(16)23-21(26)29)18(27)24-20-22-15(11-31-20)10-25-8-12(2)30-13(3)9-25/h5-7,11-13H,4,8-10H2,1-3H3,(H,23,29)(H,22,24,27). The lowest BCUT2D eigenvalue weighted by Crippen LogP contribution is -2.44. The lowest BCUT2D eigenvalue weighted by molar-refractivity contribution is -0.0707. The normalized spacial score (nSPS) is 19.6. The molecule has 1 saturated heterocycles. The van der Waals surface area contributed by atoms with Crippen molar-refractivity contribution in [2.45, 2.75) is 46.1 Å². The minimum absolute atomic E-state index is 0.183. The molecular formula is C21H25N5O4S. The van der Waals surface area contributed by atoms with Gasteiger partial charge in [0.15, 0.2) is 5.13 Å². The van der Waals surface area contributed by atoms with Crippen LogP contribution in [0.25, 0.3) is 10.9 Å². The van der Waals surface area contributed by atoms with Crippen LogP contribution in [0.3, 0.4) is 0 Å². The number of hydrogen-bond donors (Lipinski definition) is 2. The summed E-state index contributed by atoms with van der Waals surface area (Å²) in [5.74, 6) is -0.350. The first kappa shape index (κ1) is 21.4. The Morgan fingerprint density at radius 3 is 2.74 bits per heavy atom. The lowest BCUT2D eigenvalue weighted by Gasteiger charge is -2.34. The molecule has 164 valence electrons. The highest BCUT2D eigenvalue weighted by molar-refractivity contribution is 7.14. The van der Waals surface area contributed by atoms with Crippen LogP contribution in [0.2, 0.25) is 0 Å². The van der Waals surface area contributed by atoms with Crippen molar-refractivity contribution in [3.05, 3.63) is 55.7 Å². The molecule has 1 aliphatic rings. The predicted molar refractivity (Wildman–Crippen MR) is 120 cm³/mol. The van der Waals surface area contributed by atoms with E-state index in [4.69, 9.17) is 4.74 Å². The molecule has 2 atom stereocenters. The first-order chi connectivity index (χ1) is 14.8. The van der Waals surface area contributed by atoms with Gasteiger partial charge in [-0.05, 0) is 39.0 Å². The van der Waals surface area contributed by atoms with E-state index in [0.29, 0.717) is 28.1 Å². The van der Waals surface area contributed by atoms with Crippen LogP contribution in [-0.4, -0.2) is 50.6 Å². The fraction of sp³-hybridized carbons (Fsp3) is 0.429. The molecule has 2 aromatic heterocycles. The summed E-state index contributed by atoms with van der Waals surface area (Å²) in [6.07, 6.45) is 0.365. The zero-order valence-corrected chi connectivity index (χ0v) is 18.5. The number of carbonyl (C=O) groups excluding carboxylic acids is 1. The molecule has 0 spiro atoms. The molecule has 0 bridgehead atoms. The second-order valence-corrected chi connectivity index (χ2v) is 8.65. The van der Waals surface area contributed by atoms with Gasteiger partial charge >= 0.3 is 5.69 Å². The highest BCUT2D eigenvalue weighted by atomic mass is 32.1. The predicted octanol–water partition coefficient (Wildman–Crippen LogP) is 2.03. The smallest absolute Gasteiger partial charge is 0.328 e. The average molecular weight is 444 g/mol. The number of aromatic amines is 1. The van der Waals surface area contributed by atoms with E-state index in [-0.39, 0.29) is 30.2 Å². The maximum atomic E-state index is 12.7. The number of hydrogen-bond acceptors (Lipinski definition) is 7. The van der Waals surface area contributed by atoms with Gasteiger partial charge in [0.1, 0.15) is 0 Å². The molecule has 1 aromatic carbocycles. The SMILES string of the molecule is CCn1c(=O)[nH]c2cc(C(=O)Nc3nc(CN4CC(C)OC(C)C4)cs3)ccc2c1=O. The molecule has 2 unspecified atom stereocenters. The number of anilines is 1. The molecule has 0 aliphatic carbocycles. The van der Waals surface area contributed by atoms with Crippen molar-refractivity contribution in [3.63, 3.8) is 0 Å². The third kappa shape index (κ3) is 4.60. The van der Waals surface area contributed by atoms with Crippen molar-refractivity contribution in [2.24, 2.45) is 0 Å². The van der Waals surface area contributed by atoms with E-state index >= 15 is 0 Å². The van der Waals surface area contributed by atoms with Crippen LogP contribution in [0.1, 0.15) is 36.8 Å². The minimum Gasteiger partial charge on any atom is -0.373 e. The molecule has 1 fully saturated rings. The molecule has 2 N–H and O–H groups in total. The maximum absolute atomic E-state index is 12.7. The Morgan fingerprint density at radius 2 is 2.03 bits per heavy atom. The van der Waals surface area contributed by atoms with Crippen molar-refractivity contribution in [1.82, 2.24) is 19.4 Å². The van der Waals surface area contributed by atoms with Crippen LogP contribution in [0, 0.1) is 0 Å². The summed E-state index contributed by atoms with van der Waals surface area (Å²) in [4.78, 5) is 46.6. The third-order valence-corrected chi connectivity index (χ3v) is 6.02. The zero-order valence-electron chi connectivity index (χ0n) is 17.7. The van der Waals surface area contributed by atoms with Crippen LogP contribution >= 0.6 is 11.3 Å². The van der Waals surface area contributed by atoms with E-state index in [9.17, 15) is 14.4 Å². The van der Waals surface area contributed by atoms with E-state index in [1.165, 1.54) is 17.4 Å². The number of H-pyrrole nitrogens is 1. The highest BCUT2D eigenvalue weighted by Gasteiger charge is 2.23. The highest BCUT2D eigenvalue weighted by Crippen LogP contribution is 2.20. The molecule has 10 heteroatoms. The van der Waals surface area contributed by atoms with Gasteiger partial charge in [0.05, 0.1) is 28.8 Å². The molecule has 31 heavy (non-hydrogen) atoms. The first-order valence-corrected chi connectivity index (χ1v) is 11.1. The van der Waals surface area contributed by atoms with E-state index in [0.717, 1.165) is 23.4 Å². The van der Waals surface area contributed by atoms with E-state index < -0.39 is 5.69 Å². The Labute approximate surface area is 182 Å². The topological polar surface area (TPSA) is 109 Å². The molecule has 0 saturated carbocycles. The number of morpholine rings is 1. The van der Waals surface area contributed by atoms with Gasteiger partial charge in [0.25, 0.3) is 11.5 Å². The van der Waals surface area contributed by atoms with Crippen LogP contribution in [0.5, 0.6) is 0 Å². The van der Waals surface area contributed by atoms with Crippen molar-refractivity contribution in [1.29, 1.82) is 0 Å². The number of rotatable bonds is 5. The molecule has 4 rings (SSSR count). The van der Waals surface area contributed by atoms with Gasteiger partial charge in [0.2, 0.25) is 0 Å². The fourth-order valence-electron chi connectivity index (χ4n) is 3.93. The number of fused-ring (bicyclic) bond motifs is 1. The summed E-state index contributed by atoms with van der Waals surface area (Å²) in [5.41, 5.74) is 0.704. The Balaban J connectivity index is 1.48. The summed E-state index contributed by atoms with van der Waals surface area (Å²) in [7, 11) is 0. The quantitative estimate of drug-likeness (QED) is 0.625. The molecule has 9 nitrogen and oxygen atoms in total. The monoisotopic (exact) mass is 443 g/mol. The number of carbonyl (C=O) groups is 1. The van der Waals surface area contributed by atoms with Gasteiger partial charge < -0.3 is 9.72 Å². The maximum Gasteiger partial charge on any atom is 0.328 e. The third-order valence-electron chi connectivity index (χ3n) is 5.21. The van der Waals surface area contributed by atoms with Gasteiger partial charge in [-0.3, -0.25) is 24.4 Å². The zero-order chi connectivity index (χ0) is 22.1.